The molecule has 1 N–H and O–H groups in total. The molecule has 2 aliphatic heterocycles. The topological polar surface area (TPSA) is 115 Å². The number of aromatic nitrogens is 3. The molecule has 1 aromatic heterocycles. The molecule has 2 bridgehead atoms. The molecule has 9 heteroatoms. The zero-order valence-corrected chi connectivity index (χ0v) is 36.6. The maximum atomic E-state index is 15.4. The fraction of sp³-hybridized carbons (Fsp3) is 0.894. The molecule has 0 radical (unpaired) electrons. The van der Waals surface area contributed by atoms with Crippen LogP contribution < -0.4 is 0 Å². The molecule has 7 fully saturated rings. The average Bonchev–Trinajstić information content (AvgIpc) is 3.78. The summed E-state index contributed by atoms with van der Waals surface area (Å²) in [6.07, 6.45) is 16.7. The number of esters is 1. The standard InChI is InChI=1S/C47H74N4O5/c1-28(2)40-49-48-29(3)50(40)32-24-30-13-14-31(25-32)51(30)41(55)47-19-11-12-34(47)33-15-16-36-44(8)20-18-37(56-39(54)27-42(4,5)26-38(52)53)43(6,7)35(44)17-21-46(36,10)45(33,9)22-23-47/h28,30-37H,11-27H2,1-10H3,(H,52,53)/t30?,31?,32?,33-,34-,35?,36?,37+,44+,45-,46-,47+/m1/s1. The first-order valence-electron chi connectivity index (χ1n) is 22.8. The number of ether oxygens (including phenoxy) is 1. The van der Waals surface area contributed by atoms with Crippen molar-refractivity contribution in [1.82, 2.24) is 19.7 Å². The number of carbonyl (C=O) groups excluding carboxylic acids is 2. The first-order chi connectivity index (χ1) is 26.2. The Hall–Kier alpha value is -2.45. The Balaban J connectivity index is 0.994. The van der Waals surface area contributed by atoms with Crippen molar-refractivity contribution in [3.8, 4) is 0 Å². The van der Waals surface area contributed by atoms with Crippen molar-refractivity contribution in [2.24, 2.45) is 56.2 Å². The Bertz CT molecular complexity index is 1720. The molecule has 1 aromatic rings. The van der Waals surface area contributed by atoms with Crippen LogP contribution in [-0.4, -0.2) is 60.8 Å². The van der Waals surface area contributed by atoms with Gasteiger partial charge in [0.1, 0.15) is 17.8 Å². The highest BCUT2D eigenvalue weighted by atomic mass is 16.5. The van der Waals surface area contributed by atoms with E-state index in [9.17, 15) is 14.7 Å². The minimum absolute atomic E-state index is 0.0448. The molecule has 4 unspecified atom stereocenters. The van der Waals surface area contributed by atoms with E-state index in [1.807, 2.05) is 13.8 Å². The lowest BCUT2D eigenvalue weighted by atomic mass is 9.32. The molecular formula is C47H74N4O5. The molecule has 2 saturated heterocycles. The Kier molecular flexibility index (Phi) is 9.75. The SMILES string of the molecule is Cc1nnc(C(C)C)n1C1CC2CCC(C1)N2C(=O)[C@]12CCC[C@@H]1[C@H]1CCC3[C@@]4(C)CC[C@H](OC(=O)CC(C)(C)CC(=O)O)C(C)(C)C4CC[C@@]3(C)[C@]1(C)CC2. The minimum atomic E-state index is -0.879. The van der Waals surface area contributed by atoms with Crippen LogP contribution in [-0.2, 0) is 19.1 Å². The van der Waals surface area contributed by atoms with Crippen LogP contribution in [0.3, 0.4) is 0 Å². The number of carbonyl (C=O) groups is 3. The van der Waals surface area contributed by atoms with Gasteiger partial charge < -0.3 is 19.3 Å². The molecule has 7 aliphatic rings. The van der Waals surface area contributed by atoms with Crippen molar-refractivity contribution in [3.05, 3.63) is 11.6 Å². The quantitative estimate of drug-likeness (QED) is 0.262. The van der Waals surface area contributed by atoms with Gasteiger partial charge in [-0.2, -0.15) is 0 Å². The molecular weight excluding hydrogens is 701 g/mol. The van der Waals surface area contributed by atoms with Crippen LogP contribution in [0.5, 0.6) is 0 Å². The van der Waals surface area contributed by atoms with E-state index in [1.54, 1.807) is 0 Å². The van der Waals surface area contributed by atoms with E-state index in [2.05, 4.69) is 75.1 Å². The summed E-state index contributed by atoms with van der Waals surface area (Å²) < 4.78 is 8.72. The summed E-state index contributed by atoms with van der Waals surface area (Å²) in [6.45, 7) is 22.8. The summed E-state index contributed by atoms with van der Waals surface area (Å²) in [7, 11) is 0. The fourth-order valence-corrected chi connectivity index (χ4v) is 16.4. The second kappa shape index (κ2) is 13.5. The number of carboxylic acid groups (broad SMARTS) is 1. The van der Waals surface area contributed by atoms with Crippen LogP contribution >= 0.6 is 0 Å². The van der Waals surface area contributed by atoms with Crippen LogP contribution in [0.1, 0.15) is 195 Å². The predicted molar refractivity (Wildman–Crippen MR) is 217 cm³/mol. The van der Waals surface area contributed by atoms with Crippen molar-refractivity contribution in [2.45, 2.75) is 209 Å². The van der Waals surface area contributed by atoms with Crippen molar-refractivity contribution in [3.63, 3.8) is 0 Å². The molecule has 3 heterocycles. The molecule has 8 rings (SSSR count). The fourth-order valence-electron chi connectivity index (χ4n) is 16.4. The first-order valence-corrected chi connectivity index (χ1v) is 22.8. The van der Waals surface area contributed by atoms with E-state index in [-0.39, 0.29) is 52.0 Å². The van der Waals surface area contributed by atoms with Gasteiger partial charge >= 0.3 is 11.9 Å². The third-order valence-electron chi connectivity index (χ3n) is 19.0. The molecule has 0 spiro atoms. The van der Waals surface area contributed by atoms with Gasteiger partial charge in [-0.1, -0.05) is 68.7 Å². The molecule has 0 aromatic carbocycles. The zero-order valence-electron chi connectivity index (χ0n) is 36.6. The summed E-state index contributed by atoms with van der Waals surface area (Å²) in [4.78, 5) is 42.5. The van der Waals surface area contributed by atoms with E-state index in [4.69, 9.17) is 4.74 Å². The van der Waals surface area contributed by atoms with Gasteiger partial charge in [-0.15, -0.1) is 10.2 Å². The highest BCUT2D eigenvalue weighted by Crippen LogP contribution is 2.77. The van der Waals surface area contributed by atoms with E-state index < -0.39 is 11.4 Å². The first kappa shape index (κ1) is 40.3. The van der Waals surface area contributed by atoms with Gasteiger partial charge in [-0.05, 0) is 142 Å². The molecule has 1 amide bonds. The average molecular weight is 775 g/mol. The lowest BCUT2D eigenvalue weighted by Crippen LogP contribution is -2.67. The van der Waals surface area contributed by atoms with Crippen molar-refractivity contribution in [2.75, 3.05) is 0 Å². The van der Waals surface area contributed by atoms with Crippen LogP contribution in [0.4, 0.5) is 0 Å². The summed E-state index contributed by atoms with van der Waals surface area (Å²) in [6, 6.07) is 1.04. The third kappa shape index (κ3) is 5.89. The minimum Gasteiger partial charge on any atom is -0.481 e. The number of fused-ring (bicyclic) bond motifs is 9. The number of amides is 1. The molecule has 56 heavy (non-hydrogen) atoms. The lowest BCUT2D eigenvalue weighted by molar-refractivity contribution is -0.248. The third-order valence-corrected chi connectivity index (χ3v) is 19.0. The number of piperidine rings is 1. The smallest absolute Gasteiger partial charge is 0.306 e. The summed E-state index contributed by atoms with van der Waals surface area (Å²) >= 11 is 0. The second-order valence-electron chi connectivity index (χ2n) is 22.9. The molecule has 9 nitrogen and oxygen atoms in total. The highest BCUT2D eigenvalue weighted by Gasteiger charge is 2.71. The van der Waals surface area contributed by atoms with Gasteiger partial charge in [0.05, 0.1) is 18.3 Å². The number of aryl methyl sites for hydroxylation is 1. The monoisotopic (exact) mass is 775 g/mol. The van der Waals surface area contributed by atoms with Gasteiger partial charge in [0, 0.05) is 29.5 Å². The van der Waals surface area contributed by atoms with Crippen LogP contribution in [0.25, 0.3) is 0 Å². The number of aliphatic carboxylic acids is 1. The molecule has 11 atom stereocenters. The van der Waals surface area contributed by atoms with Gasteiger partial charge in [-0.3, -0.25) is 14.4 Å². The van der Waals surface area contributed by atoms with E-state index in [0.29, 0.717) is 53.6 Å². The van der Waals surface area contributed by atoms with Crippen molar-refractivity contribution < 1.29 is 24.2 Å². The summed E-state index contributed by atoms with van der Waals surface area (Å²) in [5, 5.41) is 18.4. The number of hydrogen-bond donors (Lipinski definition) is 1. The normalized spacial score (nSPS) is 42.7. The number of hydrogen-bond acceptors (Lipinski definition) is 6. The maximum absolute atomic E-state index is 15.4. The van der Waals surface area contributed by atoms with E-state index >= 15 is 4.79 Å². The molecule has 5 aliphatic carbocycles. The largest absolute Gasteiger partial charge is 0.481 e. The van der Waals surface area contributed by atoms with Gasteiger partial charge in [0.15, 0.2) is 0 Å². The zero-order chi connectivity index (χ0) is 40.4. The molecule has 312 valence electrons. The second-order valence-corrected chi connectivity index (χ2v) is 22.9. The number of rotatable bonds is 8. The van der Waals surface area contributed by atoms with Gasteiger partial charge in [0.25, 0.3) is 0 Å². The van der Waals surface area contributed by atoms with Crippen molar-refractivity contribution in [1.29, 1.82) is 0 Å². The predicted octanol–water partition coefficient (Wildman–Crippen LogP) is 10.1. The van der Waals surface area contributed by atoms with Crippen LogP contribution in [0.2, 0.25) is 0 Å². The Labute approximate surface area is 337 Å². The van der Waals surface area contributed by atoms with Crippen LogP contribution in [0, 0.1) is 63.1 Å². The van der Waals surface area contributed by atoms with E-state index in [1.165, 1.54) is 32.1 Å². The van der Waals surface area contributed by atoms with Crippen molar-refractivity contribution >= 4 is 17.8 Å². The van der Waals surface area contributed by atoms with Gasteiger partial charge in [-0.25, -0.2) is 0 Å². The molecule has 5 saturated carbocycles. The Morgan fingerprint density at radius 1 is 0.786 bits per heavy atom. The van der Waals surface area contributed by atoms with Gasteiger partial charge in [0.2, 0.25) is 5.91 Å². The number of nitrogens with zero attached hydrogens (tertiary/aromatic N) is 4. The Morgan fingerprint density at radius 3 is 2.14 bits per heavy atom. The summed E-state index contributed by atoms with van der Waals surface area (Å²) in [5.41, 5.74) is -0.406. The maximum Gasteiger partial charge on any atom is 0.306 e. The highest BCUT2D eigenvalue weighted by molar-refractivity contribution is 5.85. The summed E-state index contributed by atoms with van der Waals surface area (Å²) in [5.74, 6) is 3.97. The van der Waals surface area contributed by atoms with E-state index in [0.717, 1.165) is 75.9 Å². The number of carboxylic acids is 1. The Morgan fingerprint density at radius 2 is 1.48 bits per heavy atom. The van der Waals surface area contributed by atoms with Crippen LogP contribution in [0.15, 0.2) is 0 Å². The lowest BCUT2D eigenvalue weighted by Gasteiger charge is -2.72.